The molecule has 0 spiro atoms. The van der Waals surface area contributed by atoms with Crippen molar-refractivity contribution < 1.29 is 9.59 Å². The molecule has 1 rings (SSSR count). The first-order valence-corrected chi connectivity index (χ1v) is 6.23. The molecular formula is C15H20N2O2. The van der Waals surface area contributed by atoms with Crippen molar-refractivity contribution in [1.82, 2.24) is 5.32 Å². The first kappa shape index (κ1) is 15.0. The van der Waals surface area contributed by atoms with E-state index in [9.17, 15) is 9.59 Å². The van der Waals surface area contributed by atoms with Gasteiger partial charge in [0.25, 0.3) is 5.91 Å². The molecule has 2 amide bonds. The van der Waals surface area contributed by atoms with Crippen molar-refractivity contribution >= 4 is 11.8 Å². The van der Waals surface area contributed by atoms with E-state index >= 15 is 0 Å². The second-order valence-electron chi connectivity index (χ2n) is 4.67. The van der Waals surface area contributed by atoms with Gasteiger partial charge in [-0.1, -0.05) is 23.3 Å². The molecule has 4 heteroatoms. The van der Waals surface area contributed by atoms with Crippen LogP contribution in [0.15, 0.2) is 30.9 Å². The zero-order valence-electron chi connectivity index (χ0n) is 11.4. The van der Waals surface area contributed by atoms with E-state index in [-0.39, 0.29) is 5.91 Å². The smallest absolute Gasteiger partial charge is 0.251 e. The molecule has 0 saturated carbocycles. The van der Waals surface area contributed by atoms with Gasteiger partial charge < -0.3 is 11.1 Å². The Kier molecular flexibility index (Phi) is 5.30. The van der Waals surface area contributed by atoms with Crippen LogP contribution in [0.3, 0.4) is 0 Å². The molecule has 4 nitrogen and oxygen atoms in total. The second kappa shape index (κ2) is 6.73. The van der Waals surface area contributed by atoms with Crippen LogP contribution in [0.2, 0.25) is 0 Å². The van der Waals surface area contributed by atoms with Crippen LogP contribution in [0.5, 0.6) is 0 Å². The van der Waals surface area contributed by atoms with Crippen LogP contribution in [0.25, 0.3) is 0 Å². The molecule has 0 bridgehead atoms. The summed E-state index contributed by atoms with van der Waals surface area (Å²) in [6.07, 6.45) is 2.79. The highest BCUT2D eigenvalue weighted by molar-refractivity contribution is 5.97. The van der Waals surface area contributed by atoms with E-state index in [4.69, 9.17) is 5.73 Å². The molecule has 0 unspecified atom stereocenters. The van der Waals surface area contributed by atoms with Crippen molar-refractivity contribution in [2.45, 2.75) is 32.7 Å². The Balaban J connectivity index is 2.81. The number of nitrogens with two attached hydrogens (primary N) is 1. The Labute approximate surface area is 113 Å². The third kappa shape index (κ3) is 4.58. The number of aryl methyl sites for hydroxylation is 2. The molecule has 19 heavy (non-hydrogen) atoms. The minimum Gasteiger partial charge on any atom is -0.368 e. The molecule has 0 heterocycles. The van der Waals surface area contributed by atoms with Gasteiger partial charge in [0.1, 0.15) is 6.04 Å². The highest BCUT2D eigenvalue weighted by Crippen LogP contribution is 2.09. The number of amides is 2. The summed E-state index contributed by atoms with van der Waals surface area (Å²) in [5.41, 5.74) is 7.83. The number of hydrogen-bond acceptors (Lipinski definition) is 2. The molecule has 0 fully saturated rings. The number of hydrogen-bond donors (Lipinski definition) is 2. The van der Waals surface area contributed by atoms with Crippen molar-refractivity contribution in [3.63, 3.8) is 0 Å². The van der Waals surface area contributed by atoms with E-state index in [1.807, 2.05) is 19.9 Å². The molecule has 102 valence electrons. The SMILES string of the molecule is C=CCC[C@H](NC(=O)c1cc(C)cc(C)c1)C(N)=O. The number of primary amides is 1. The van der Waals surface area contributed by atoms with Crippen LogP contribution in [0.4, 0.5) is 0 Å². The molecule has 0 aromatic heterocycles. The number of benzene rings is 1. The fourth-order valence-corrected chi connectivity index (χ4v) is 1.92. The predicted molar refractivity (Wildman–Crippen MR) is 75.8 cm³/mol. The zero-order valence-corrected chi connectivity index (χ0v) is 11.4. The minimum absolute atomic E-state index is 0.278. The summed E-state index contributed by atoms with van der Waals surface area (Å²) in [6.45, 7) is 7.44. The van der Waals surface area contributed by atoms with Crippen LogP contribution < -0.4 is 11.1 Å². The third-order valence-corrected chi connectivity index (χ3v) is 2.79. The Hall–Kier alpha value is -2.10. The lowest BCUT2D eigenvalue weighted by molar-refractivity contribution is -0.119. The Morgan fingerprint density at radius 3 is 2.37 bits per heavy atom. The van der Waals surface area contributed by atoms with Gasteiger partial charge in [-0.15, -0.1) is 6.58 Å². The van der Waals surface area contributed by atoms with Crippen molar-refractivity contribution in [2.75, 3.05) is 0 Å². The van der Waals surface area contributed by atoms with Gasteiger partial charge in [-0.3, -0.25) is 9.59 Å². The topological polar surface area (TPSA) is 72.2 Å². The summed E-state index contributed by atoms with van der Waals surface area (Å²) < 4.78 is 0. The highest BCUT2D eigenvalue weighted by atomic mass is 16.2. The Morgan fingerprint density at radius 2 is 1.89 bits per heavy atom. The summed E-state index contributed by atoms with van der Waals surface area (Å²) in [5, 5.41) is 2.66. The molecule has 0 aliphatic carbocycles. The summed E-state index contributed by atoms with van der Waals surface area (Å²) in [6, 6.07) is 4.90. The van der Waals surface area contributed by atoms with E-state index in [2.05, 4.69) is 11.9 Å². The average molecular weight is 260 g/mol. The number of carbonyl (C=O) groups excluding carboxylic acids is 2. The van der Waals surface area contributed by atoms with Crippen molar-refractivity contribution in [3.05, 3.63) is 47.5 Å². The molecule has 1 atom stereocenters. The van der Waals surface area contributed by atoms with Gasteiger partial charge >= 0.3 is 0 Å². The number of rotatable bonds is 6. The first-order chi connectivity index (χ1) is 8.93. The van der Waals surface area contributed by atoms with Crippen LogP contribution in [0, 0.1) is 13.8 Å². The molecule has 0 aliphatic rings. The van der Waals surface area contributed by atoms with E-state index in [1.54, 1.807) is 18.2 Å². The maximum absolute atomic E-state index is 12.1. The summed E-state index contributed by atoms with van der Waals surface area (Å²) in [5.74, 6) is -0.806. The summed E-state index contributed by atoms with van der Waals surface area (Å²) in [7, 11) is 0. The molecular weight excluding hydrogens is 240 g/mol. The van der Waals surface area contributed by atoms with E-state index < -0.39 is 11.9 Å². The van der Waals surface area contributed by atoms with Crippen LogP contribution >= 0.6 is 0 Å². The van der Waals surface area contributed by atoms with Gasteiger partial charge in [0, 0.05) is 5.56 Å². The number of allylic oxidation sites excluding steroid dienone is 1. The van der Waals surface area contributed by atoms with Gasteiger partial charge in [0.05, 0.1) is 0 Å². The molecule has 1 aromatic carbocycles. The van der Waals surface area contributed by atoms with Crippen LogP contribution in [0.1, 0.15) is 34.3 Å². The number of nitrogens with one attached hydrogen (secondary N) is 1. The maximum atomic E-state index is 12.1. The van der Waals surface area contributed by atoms with Crippen molar-refractivity contribution in [2.24, 2.45) is 5.73 Å². The first-order valence-electron chi connectivity index (χ1n) is 6.23. The van der Waals surface area contributed by atoms with Gasteiger partial charge in [-0.05, 0) is 38.8 Å². The molecule has 1 aromatic rings. The highest BCUT2D eigenvalue weighted by Gasteiger charge is 2.18. The van der Waals surface area contributed by atoms with Gasteiger partial charge in [-0.2, -0.15) is 0 Å². The van der Waals surface area contributed by atoms with E-state index in [1.165, 1.54) is 0 Å². The zero-order chi connectivity index (χ0) is 14.4. The van der Waals surface area contributed by atoms with E-state index in [0.29, 0.717) is 18.4 Å². The molecule has 0 radical (unpaired) electrons. The van der Waals surface area contributed by atoms with E-state index in [0.717, 1.165) is 11.1 Å². The number of carbonyl (C=O) groups is 2. The second-order valence-corrected chi connectivity index (χ2v) is 4.67. The predicted octanol–water partition coefficient (Wildman–Crippen LogP) is 1.85. The summed E-state index contributed by atoms with van der Waals surface area (Å²) in [4.78, 5) is 23.4. The average Bonchev–Trinajstić information content (AvgIpc) is 2.32. The van der Waals surface area contributed by atoms with Gasteiger partial charge in [0.15, 0.2) is 0 Å². The quantitative estimate of drug-likeness (QED) is 0.766. The van der Waals surface area contributed by atoms with Gasteiger partial charge in [0.2, 0.25) is 5.91 Å². The summed E-state index contributed by atoms with van der Waals surface area (Å²) >= 11 is 0. The molecule has 0 aliphatic heterocycles. The monoisotopic (exact) mass is 260 g/mol. The largest absolute Gasteiger partial charge is 0.368 e. The molecule has 0 saturated heterocycles. The normalized spacial score (nSPS) is 11.7. The standard InChI is InChI=1S/C15H20N2O2/c1-4-5-6-13(14(16)18)17-15(19)12-8-10(2)7-11(3)9-12/h4,7-9,13H,1,5-6H2,2-3H3,(H2,16,18)(H,17,19)/t13-/m0/s1. The van der Waals surface area contributed by atoms with Crippen LogP contribution in [-0.4, -0.2) is 17.9 Å². The Bertz CT molecular complexity index is 475. The minimum atomic E-state index is -0.661. The van der Waals surface area contributed by atoms with Crippen molar-refractivity contribution in [3.8, 4) is 0 Å². The third-order valence-electron chi connectivity index (χ3n) is 2.79. The van der Waals surface area contributed by atoms with Gasteiger partial charge in [-0.25, -0.2) is 0 Å². The lowest BCUT2D eigenvalue weighted by atomic mass is 10.1. The molecule has 3 N–H and O–H groups in total. The van der Waals surface area contributed by atoms with Crippen molar-refractivity contribution in [1.29, 1.82) is 0 Å². The Morgan fingerprint density at radius 1 is 1.32 bits per heavy atom. The van der Waals surface area contributed by atoms with Crippen LogP contribution in [-0.2, 0) is 4.79 Å². The maximum Gasteiger partial charge on any atom is 0.251 e. The lowest BCUT2D eigenvalue weighted by Crippen LogP contribution is -2.44. The lowest BCUT2D eigenvalue weighted by Gasteiger charge is -2.15. The fraction of sp³-hybridized carbons (Fsp3) is 0.333. The fourth-order valence-electron chi connectivity index (χ4n) is 1.92.